The minimum Gasteiger partial charge on any atom is -0.372 e. The molecular formula is C25H33N3O. The molecule has 0 spiro atoms. The minimum absolute atomic E-state index is 0.117. The summed E-state index contributed by atoms with van der Waals surface area (Å²) in [6, 6.07) is 17.2. The Morgan fingerprint density at radius 1 is 0.897 bits per heavy atom. The van der Waals surface area contributed by atoms with E-state index in [0.29, 0.717) is 0 Å². The lowest BCUT2D eigenvalue weighted by atomic mass is 9.95. The Labute approximate surface area is 174 Å². The van der Waals surface area contributed by atoms with Crippen LogP contribution in [0.15, 0.2) is 48.5 Å². The number of nitrogens with zero attached hydrogens (tertiary/aromatic N) is 2. The third-order valence-electron chi connectivity index (χ3n) is 6.34. The number of anilines is 2. The second-order valence-electron chi connectivity index (χ2n) is 8.62. The van der Waals surface area contributed by atoms with Gasteiger partial charge in [-0.05, 0) is 81.9 Å². The molecule has 2 saturated heterocycles. The molecule has 0 aromatic heterocycles. The lowest BCUT2D eigenvalue weighted by Gasteiger charge is -2.31. The molecule has 1 amide bonds. The van der Waals surface area contributed by atoms with Gasteiger partial charge in [-0.25, -0.2) is 0 Å². The van der Waals surface area contributed by atoms with Crippen LogP contribution >= 0.6 is 0 Å². The predicted octanol–water partition coefficient (Wildman–Crippen LogP) is 4.84. The van der Waals surface area contributed by atoms with Gasteiger partial charge in [0.1, 0.15) is 0 Å². The molecule has 4 heteroatoms. The Kier molecular flexibility index (Phi) is 6.50. The lowest BCUT2D eigenvalue weighted by molar-refractivity contribution is -0.121. The number of carbonyl (C=O) groups is 1. The van der Waals surface area contributed by atoms with Gasteiger partial charge in [0, 0.05) is 36.9 Å². The molecule has 1 N–H and O–H groups in total. The summed E-state index contributed by atoms with van der Waals surface area (Å²) in [5.74, 6) is 0.289. The number of likely N-dealkylation sites (tertiary alicyclic amines) is 1. The van der Waals surface area contributed by atoms with Gasteiger partial charge in [0.15, 0.2) is 0 Å². The first-order valence-electron chi connectivity index (χ1n) is 11.1. The van der Waals surface area contributed by atoms with E-state index < -0.39 is 0 Å². The molecule has 0 bridgehead atoms. The Morgan fingerprint density at radius 3 is 2.21 bits per heavy atom. The zero-order valence-electron chi connectivity index (χ0n) is 17.6. The van der Waals surface area contributed by atoms with Gasteiger partial charge < -0.3 is 10.2 Å². The van der Waals surface area contributed by atoms with E-state index in [1.165, 1.54) is 36.1 Å². The van der Waals surface area contributed by atoms with Crippen LogP contribution in [-0.2, 0) is 11.3 Å². The summed E-state index contributed by atoms with van der Waals surface area (Å²) >= 11 is 0. The molecule has 2 aliphatic rings. The summed E-state index contributed by atoms with van der Waals surface area (Å²) in [4.78, 5) is 17.6. The van der Waals surface area contributed by atoms with Crippen molar-refractivity contribution in [1.82, 2.24) is 4.90 Å². The third-order valence-corrected chi connectivity index (χ3v) is 6.34. The van der Waals surface area contributed by atoms with Crippen molar-refractivity contribution in [2.75, 3.05) is 36.4 Å². The van der Waals surface area contributed by atoms with Crippen LogP contribution in [0.1, 0.15) is 43.2 Å². The van der Waals surface area contributed by atoms with Crippen molar-refractivity contribution in [2.45, 2.75) is 45.6 Å². The maximum absolute atomic E-state index is 12.7. The Balaban J connectivity index is 1.24. The highest BCUT2D eigenvalue weighted by atomic mass is 16.1. The fraction of sp³-hybridized carbons (Fsp3) is 0.480. The lowest BCUT2D eigenvalue weighted by Crippen LogP contribution is -2.37. The van der Waals surface area contributed by atoms with Crippen LogP contribution in [0, 0.1) is 12.8 Å². The first-order chi connectivity index (χ1) is 14.2. The van der Waals surface area contributed by atoms with Gasteiger partial charge in [-0.2, -0.15) is 0 Å². The predicted molar refractivity (Wildman–Crippen MR) is 120 cm³/mol. The Morgan fingerprint density at radius 2 is 1.55 bits per heavy atom. The van der Waals surface area contributed by atoms with Crippen molar-refractivity contribution in [2.24, 2.45) is 5.92 Å². The van der Waals surface area contributed by atoms with Crippen molar-refractivity contribution >= 4 is 17.3 Å². The molecule has 154 valence electrons. The second kappa shape index (κ2) is 9.45. The van der Waals surface area contributed by atoms with Crippen LogP contribution in [0.4, 0.5) is 11.4 Å². The van der Waals surface area contributed by atoms with E-state index in [2.05, 4.69) is 58.4 Å². The number of amides is 1. The zero-order chi connectivity index (χ0) is 20.1. The molecule has 2 fully saturated rings. The van der Waals surface area contributed by atoms with Crippen LogP contribution in [0.3, 0.4) is 0 Å². The smallest absolute Gasteiger partial charge is 0.227 e. The molecule has 0 aliphatic carbocycles. The highest BCUT2D eigenvalue weighted by Gasteiger charge is 2.25. The van der Waals surface area contributed by atoms with Crippen molar-refractivity contribution in [1.29, 1.82) is 0 Å². The van der Waals surface area contributed by atoms with E-state index in [1.807, 2.05) is 12.1 Å². The van der Waals surface area contributed by atoms with Crippen molar-refractivity contribution in [3.05, 3.63) is 59.7 Å². The Bertz CT molecular complexity index is 786. The van der Waals surface area contributed by atoms with Crippen LogP contribution in [-0.4, -0.2) is 37.0 Å². The maximum Gasteiger partial charge on any atom is 0.227 e. The normalized spacial score (nSPS) is 18.6. The fourth-order valence-corrected chi connectivity index (χ4v) is 4.46. The summed E-state index contributed by atoms with van der Waals surface area (Å²) in [6.45, 7) is 7.36. The highest BCUT2D eigenvalue weighted by Crippen LogP contribution is 2.24. The van der Waals surface area contributed by atoms with Gasteiger partial charge >= 0.3 is 0 Å². The minimum atomic E-state index is 0.117. The summed E-state index contributed by atoms with van der Waals surface area (Å²) in [5.41, 5.74) is 4.84. The molecule has 0 saturated carbocycles. The molecule has 2 aromatic rings. The molecule has 0 unspecified atom stereocenters. The quantitative estimate of drug-likeness (QED) is 0.792. The van der Waals surface area contributed by atoms with Gasteiger partial charge in [-0.3, -0.25) is 9.69 Å². The monoisotopic (exact) mass is 391 g/mol. The number of carbonyl (C=O) groups excluding carboxylic acids is 1. The zero-order valence-corrected chi connectivity index (χ0v) is 17.6. The number of hydrogen-bond acceptors (Lipinski definition) is 3. The standard InChI is InChI=1S/C25H33N3O/c1-20-5-7-21(8-6-20)19-27-17-13-22(14-18-27)25(29)26-23-9-11-24(12-10-23)28-15-3-2-4-16-28/h5-12,22H,2-4,13-19H2,1H3,(H,26,29). The van der Waals surface area contributed by atoms with Crippen LogP contribution in [0.2, 0.25) is 0 Å². The van der Waals surface area contributed by atoms with Crippen molar-refractivity contribution < 1.29 is 4.79 Å². The summed E-state index contributed by atoms with van der Waals surface area (Å²) in [5, 5.41) is 3.14. The van der Waals surface area contributed by atoms with E-state index in [4.69, 9.17) is 0 Å². The molecular weight excluding hydrogens is 358 g/mol. The molecule has 29 heavy (non-hydrogen) atoms. The van der Waals surface area contributed by atoms with E-state index in [1.54, 1.807) is 0 Å². The second-order valence-corrected chi connectivity index (χ2v) is 8.62. The number of aryl methyl sites for hydroxylation is 1. The topological polar surface area (TPSA) is 35.6 Å². The SMILES string of the molecule is Cc1ccc(CN2CCC(C(=O)Nc3ccc(N4CCCCC4)cc3)CC2)cc1. The highest BCUT2D eigenvalue weighted by molar-refractivity contribution is 5.92. The third kappa shape index (κ3) is 5.39. The fourth-order valence-electron chi connectivity index (χ4n) is 4.46. The van der Waals surface area contributed by atoms with E-state index >= 15 is 0 Å². The number of piperidine rings is 2. The van der Waals surface area contributed by atoms with E-state index in [9.17, 15) is 4.79 Å². The first kappa shape index (κ1) is 20.0. The van der Waals surface area contributed by atoms with Crippen LogP contribution < -0.4 is 10.2 Å². The summed E-state index contributed by atoms with van der Waals surface area (Å²) in [7, 11) is 0. The number of rotatable bonds is 5. The molecule has 2 aromatic carbocycles. The molecule has 4 rings (SSSR count). The van der Waals surface area contributed by atoms with Crippen LogP contribution in [0.5, 0.6) is 0 Å². The average molecular weight is 392 g/mol. The molecule has 2 heterocycles. The maximum atomic E-state index is 12.7. The summed E-state index contributed by atoms with van der Waals surface area (Å²) < 4.78 is 0. The largest absolute Gasteiger partial charge is 0.372 e. The molecule has 4 nitrogen and oxygen atoms in total. The number of benzene rings is 2. The van der Waals surface area contributed by atoms with Gasteiger partial charge in [-0.1, -0.05) is 29.8 Å². The van der Waals surface area contributed by atoms with Gasteiger partial charge in [-0.15, -0.1) is 0 Å². The summed E-state index contributed by atoms with van der Waals surface area (Å²) in [6.07, 6.45) is 5.77. The number of nitrogens with one attached hydrogen (secondary N) is 1. The van der Waals surface area contributed by atoms with Crippen LogP contribution in [0.25, 0.3) is 0 Å². The number of hydrogen-bond donors (Lipinski definition) is 1. The average Bonchev–Trinajstić information content (AvgIpc) is 2.77. The van der Waals surface area contributed by atoms with Gasteiger partial charge in [0.25, 0.3) is 0 Å². The van der Waals surface area contributed by atoms with Gasteiger partial charge in [0.2, 0.25) is 5.91 Å². The van der Waals surface area contributed by atoms with Crippen molar-refractivity contribution in [3.63, 3.8) is 0 Å². The first-order valence-corrected chi connectivity index (χ1v) is 11.1. The molecule has 0 atom stereocenters. The van der Waals surface area contributed by atoms with Gasteiger partial charge in [0.05, 0.1) is 0 Å². The van der Waals surface area contributed by atoms with E-state index in [0.717, 1.165) is 51.3 Å². The van der Waals surface area contributed by atoms with Crippen molar-refractivity contribution in [3.8, 4) is 0 Å². The Hall–Kier alpha value is -2.33. The molecule has 0 radical (unpaired) electrons. The van der Waals surface area contributed by atoms with E-state index in [-0.39, 0.29) is 11.8 Å². The molecule has 2 aliphatic heterocycles.